The number of hydrogen-bond acceptors (Lipinski definition) is 4. The van der Waals surface area contributed by atoms with Crippen LogP contribution in [-0.4, -0.2) is 58.1 Å². The topological polar surface area (TPSA) is 62.7 Å². The summed E-state index contributed by atoms with van der Waals surface area (Å²) < 4.78 is 5.90. The van der Waals surface area contributed by atoms with Crippen molar-refractivity contribution in [3.63, 3.8) is 0 Å². The summed E-state index contributed by atoms with van der Waals surface area (Å²) in [6, 6.07) is 3.52. The predicted octanol–water partition coefficient (Wildman–Crippen LogP) is 0.563. The first-order valence-electron chi connectivity index (χ1n) is 7.30. The third-order valence-electron chi connectivity index (χ3n) is 4.87. The molecule has 2 atom stereocenters. The molecule has 6 nitrogen and oxygen atoms in total. The number of aryl methyl sites for hydroxylation is 1. The van der Waals surface area contributed by atoms with E-state index in [1.165, 1.54) is 0 Å². The van der Waals surface area contributed by atoms with Crippen molar-refractivity contribution in [2.75, 3.05) is 19.7 Å². The number of nitrogens with zero attached hydrogens (tertiary/aromatic N) is 3. The number of amides is 2. The Morgan fingerprint density at radius 1 is 1.48 bits per heavy atom. The molecule has 21 heavy (non-hydrogen) atoms. The van der Waals surface area contributed by atoms with Crippen LogP contribution in [-0.2, 0) is 9.53 Å². The van der Waals surface area contributed by atoms with Crippen molar-refractivity contribution in [3.05, 3.63) is 29.6 Å². The van der Waals surface area contributed by atoms with Crippen molar-refractivity contribution in [2.45, 2.75) is 31.5 Å². The zero-order chi connectivity index (χ0) is 14.6. The van der Waals surface area contributed by atoms with E-state index in [2.05, 4.69) is 4.98 Å². The summed E-state index contributed by atoms with van der Waals surface area (Å²) in [6.07, 6.45) is 2.68. The average molecular weight is 287 g/mol. The molecule has 3 aliphatic rings. The standard InChI is InChI=1S/C15H17N3O3/c1-10-3-2-5-16-13(10)14(20)17-6-4-15-11(17)9-12(19)18(15)7-8-21-15/h2-3,5,11H,4,6-9H2,1H3/t11-,15+/m1/s1. The summed E-state index contributed by atoms with van der Waals surface area (Å²) in [5, 5.41) is 0. The van der Waals surface area contributed by atoms with E-state index < -0.39 is 5.72 Å². The van der Waals surface area contributed by atoms with Crippen molar-refractivity contribution in [3.8, 4) is 0 Å². The molecule has 0 unspecified atom stereocenters. The number of carbonyl (C=O) groups excluding carboxylic acids is 2. The van der Waals surface area contributed by atoms with Crippen molar-refractivity contribution in [1.29, 1.82) is 0 Å². The molecule has 0 N–H and O–H groups in total. The second-order valence-electron chi connectivity index (χ2n) is 5.88. The van der Waals surface area contributed by atoms with Gasteiger partial charge in [-0.15, -0.1) is 0 Å². The van der Waals surface area contributed by atoms with Gasteiger partial charge in [-0.25, -0.2) is 0 Å². The largest absolute Gasteiger partial charge is 0.351 e. The van der Waals surface area contributed by atoms with Crippen LogP contribution in [0.15, 0.2) is 18.3 Å². The van der Waals surface area contributed by atoms with Crippen LogP contribution >= 0.6 is 0 Å². The molecule has 3 fully saturated rings. The number of carbonyl (C=O) groups is 2. The second kappa shape index (κ2) is 4.27. The molecule has 0 radical (unpaired) electrons. The molecule has 2 amide bonds. The van der Waals surface area contributed by atoms with Gasteiger partial charge in [0, 0.05) is 25.7 Å². The van der Waals surface area contributed by atoms with Gasteiger partial charge in [0.25, 0.3) is 5.91 Å². The van der Waals surface area contributed by atoms with E-state index in [1.54, 1.807) is 11.1 Å². The van der Waals surface area contributed by atoms with Crippen molar-refractivity contribution in [1.82, 2.24) is 14.8 Å². The number of ether oxygens (including phenoxy) is 1. The van der Waals surface area contributed by atoms with Crippen molar-refractivity contribution in [2.24, 2.45) is 0 Å². The van der Waals surface area contributed by atoms with Crippen molar-refractivity contribution >= 4 is 11.8 Å². The van der Waals surface area contributed by atoms with Crippen LogP contribution in [0.1, 0.15) is 28.9 Å². The Balaban J connectivity index is 1.68. The Kier molecular flexibility index (Phi) is 2.60. The Bertz CT molecular complexity index is 632. The van der Waals surface area contributed by atoms with Gasteiger partial charge in [-0.2, -0.15) is 0 Å². The third kappa shape index (κ3) is 1.59. The predicted molar refractivity (Wildman–Crippen MR) is 73.4 cm³/mol. The summed E-state index contributed by atoms with van der Waals surface area (Å²) in [6.45, 7) is 3.69. The van der Waals surface area contributed by atoms with Gasteiger partial charge in [0.1, 0.15) is 5.69 Å². The van der Waals surface area contributed by atoms with Gasteiger partial charge in [-0.05, 0) is 18.6 Å². The fraction of sp³-hybridized carbons (Fsp3) is 0.533. The fourth-order valence-electron chi connectivity index (χ4n) is 3.88. The highest BCUT2D eigenvalue weighted by atomic mass is 16.5. The molecular weight excluding hydrogens is 270 g/mol. The number of hydrogen-bond donors (Lipinski definition) is 0. The number of likely N-dealkylation sites (tertiary alicyclic amines) is 1. The molecule has 0 aliphatic carbocycles. The Labute approximate surface area is 122 Å². The lowest BCUT2D eigenvalue weighted by Gasteiger charge is -2.31. The molecule has 4 heterocycles. The van der Waals surface area contributed by atoms with Crippen molar-refractivity contribution < 1.29 is 14.3 Å². The normalized spacial score (nSPS) is 30.7. The lowest BCUT2D eigenvalue weighted by molar-refractivity contribution is -0.136. The Morgan fingerprint density at radius 2 is 2.33 bits per heavy atom. The molecule has 3 aliphatic heterocycles. The minimum atomic E-state index is -0.574. The smallest absolute Gasteiger partial charge is 0.273 e. The van der Waals surface area contributed by atoms with E-state index in [1.807, 2.05) is 24.0 Å². The summed E-state index contributed by atoms with van der Waals surface area (Å²) in [7, 11) is 0. The zero-order valence-corrected chi connectivity index (χ0v) is 11.9. The van der Waals surface area contributed by atoms with E-state index >= 15 is 0 Å². The SMILES string of the molecule is Cc1cccnc1C(=O)N1CC[C@@]23OCCN2C(=O)C[C@@H]13. The average Bonchev–Trinajstić information content (AvgIpc) is 3.10. The number of aromatic nitrogens is 1. The third-order valence-corrected chi connectivity index (χ3v) is 4.87. The minimum absolute atomic E-state index is 0.0905. The maximum Gasteiger partial charge on any atom is 0.273 e. The highest BCUT2D eigenvalue weighted by Gasteiger charge is 2.63. The van der Waals surface area contributed by atoms with Gasteiger partial charge >= 0.3 is 0 Å². The molecule has 1 aromatic heterocycles. The fourth-order valence-corrected chi connectivity index (χ4v) is 3.88. The molecular formula is C15H17N3O3. The highest BCUT2D eigenvalue weighted by Crippen LogP contribution is 2.45. The molecule has 110 valence electrons. The van der Waals surface area contributed by atoms with Crippen LogP contribution in [0.2, 0.25) is 0 Å². The van der Waals surface area contributed by atoms with E-state index in [0.29, 0.717) is 38.2 Å². The molecule has 0 aromatic carbocycles. The molecule has 0 bridgehead atoms. The van der Waals surface area contributed by atoms with Gasteiger partial charge in [0.05, 0.1) is 19.1 Å². The van der Waals surface area contributed by atoms with Crippen LogP contribution in [0, 0.1) is 6.92 Å². The van der Waals surface area contributed by atoms with Gasteiger partial charge in [-0.1, -0.05) is 6.07 Å². The van der Waals surface area contributed by atoms with Crippen LogP contribution in [0.3, 0.4) is 0 Å². The number of rotatable bonds is 1. The van der Waals surface area contributed by atoms with Crippen LogP contribution < -0.4 is 0 Å². The molecule has 1 aromatic rings. The summed E-state index contributed by atoms with van der Waals surface area (Å²) in [4.78, 5) is 32.7. The van der Waals surface area contributed by atoms with Gasteiger partial charge in [0.15, 0.2) is 5.72 Å². The summed E-state index contributed by atoms with van der Waals surface area (Å²) in [5.74, 6) is -0.00660. The molecule has 4 rings (SSSR count). The molecule has 3 saturated heterocycles. The summed E-state index contributed by atoms with van der Waals surface area (Å²) in [5.41, 5.74) is 0.755. The van der Waals surface area contributed by atoms with Crippen LogP contribution in [0.5, 0.6) is 0 Å². The van der Waals surface area contributed by atoms with Gasteiger partial charge in [0.2, 0.25) is 5.91 Å². The number of pyridine rings is 1. The molecule has 6 heteroatoms. The Morgan fingerprint density at radius 3 is 3.14 bits per heavy atom. The quantitative estimate of drug-likeness (QED) is 0.757. The first kappa shape index (κ1) is 12.8. The molecule has 1 spiro atoms. The summed E-state index contributed by atoms with van der Waals surface area (Å²) >= 11 is 0. The van der Waals surface area contributed by atoms with Gasteiger partial charge < -0.3 is 14.5 Å². The van der Waals surface area contributed by atoms with E-state index in [-0.39, 0.29) is 17.9 Å². The highest BCUT2D eigenvalue weighted by molar-refractivity contribution is 5.95. The van der Waals surface area contributed by atoms with E-state index in [9.17, 15) is 9.59 Å². The maximum absolute atomic E-state index is 12.8. The monoisotopic (exact) mass is 287 g/mol. The zero-order valence-electron chi connectivity index (χ0n) is 11.9. The molecule has 0 saturated carbocycles. The van der Waals surface area contributed by atoms with Crippen LogP contribution in [0.25, 0.3) is 0 Å². The lowest BCUT2D eigenvalue weighted by Crippen LogP contribution is -2.48. The van der Waals surface area contributed by atoms with E-state index in [0.717, 1.165) is 5.56 Å². The second-order valence-corrected chi connectivity index (χ2v) is 5.88. The maximum atomic E-state index is 12.8. The Hall–Kier alpha value is -1.95. The van der Waals surface area contributed by atoms with E-state index in [4.69, 9.17) is 4.74 Å². The van der Waals surface area contributed by atoms with Gasteiger partial charge in [-0.3, -0.25) is 14.6 Å². The lowest BCUT2D eigenvalue weighted by atomic mass is 10.1. The first-order valence-corrected chi connectivity index (χ1v) is 7.30. The minimum Gasteiger partial charge on any atom is -0.351 e. The van der Waals surface area contributed by atoms with Crippen LogP contribution in [0.4, 0.5) is 0 Å². The first-order chi connectivity index (χ1) is 10.1.